The molecule has 0 aliphatic carbocycles. The molecule has 0 saturated heterocycles. The Morgan fingerprint density at radius 2 is 1.24 bits per heavy atom. The standard InChI is InChI=1S/C33H57N3O6/c1-22(2)14-12-16-26(8)18-13-17-25(7)15-10-9-11-19-29(38)36-30(24(5)6)32(40)34-27(20-23(3)4)31(39)35-28(21-37)33(41)42/h14-15,18,23-24,27-28,30,37H,9-13,16-17,19-21H2,1-8H3,(H,34,40)(H,35,39)(H,36,38)(H,41,42)/b25-15+,26-18+/t27-,28-,30-/m0/s1. The first kappa shape index (κ1) is 39.1. The number of carboxylic acids is 1. The topological polar surface area (TPSA) is 145 Å². The first-order valence-corrected chi connectivity index (χ1v) is 15.4. The minimum absolute atomic E-state index is 0.0291. The number of carboxylic acid groups (broad SMARTS) is 1. The van der Waals surface area contributed by atoms with Crippen molar-refractivity contribution in [3.05, 3.63) is 34.9 Å². The highest BCUT2D eigenvalue weighted by Gasteiger charge is 2.31. The van der Waals surface area contributed by atoms with Gasteiger partial charge in [-0.25, -0.2) is 4.79 Å². The van der Waals surface area contributed by atoms with E-state index < -0.39 is 42.5 Å². The van der Waals surface area contributed by atoms with Gasteiger partial charge < -0.3 is 26.2 Å². The predicted octanol–water partition coefficient (Wildman–Crippen LogP) is 5.20. The lowest BCUT2D eigenvalue weighted by atomic mass is 9.99. The van der Waals surface area contributed by atoms with E-state index in [0.717, 1.165) is 38.5 Å². The summed E-state index contributed by atoms with van der Waals surface area (Å²) in [7, 11) is 0. The van der Waals surface area contributed by atoms with Crippen molar-refractivity contribution in [1.82, 2.24) is 16.0 Å². The van der Waals surface area contributed by atoms with Gasteiger partial charge in [0.2, 0.25) is 17.7 Å². The molecule has 0 bridgehead atoms. The fraction of sp³-hybridized carbons (Fsp3) is 0.697. The van der Waals surface area contributed by atoms with E-state index in [2.05, 4.69) is 61.9 Å². The van der Waals surface area contributed by atoms with Crippen LogP contribution in [0.2, 0.25) is 0 Å². The number of amides is 3. The maximum Gasteiger partial charge on any atom is 0.328 e. The molecule has 9 heteroatoms. The average Bonchev–Trinajstić information content (AvgIpc) is 2.88. The highest BCUT2D eigenvalue weighted by Crippen LogP contribution is 2.13. The van der Waals surface area contributed by atoms with Crippen molar-refractivity contribution in [3.8, 4) is 0 Å². The molecule has 0 aromatic rings. The van der Waals surface area contributed by atoms with Crippen LogP contribution in [0, 0.1) is 11.8 Å². The molecule has 0 unspecified atom stereocenters. The van der Waals surface area contributed by atoms with Crippen LogP contribution in [0.1, 0.15) is 113 Å². The summed E-state index contributed by atoms with van der Waals surface area (Å²) in [6.07, 6.45) is 14.1. The highest BCUT2D eigenvalue weighted by molar-refractivity contribution is 5.93. The molecule has 0 aliphatic heterocycles. The zero-order valence-electron chi connectivity index (χ0n) is 27.2. The van der Waals surface area contributed by atoms with E-state index in [1.165, 1.54) is 16.7 Å². The number of hydrogen-bond acceptors (Lipinski definition) is 5. The van der Waals surface area contributed by atoms with E-state index in [4.69, 9.17) is 5.11 Å². The lowest BCUT2D eigenvalue weighted by molar-refractivity contribution is -0.143. The van der Waals surface area contributed by atoms with Gasteiger partial charge in [-0.1, -0.05) is 62.6 Å². The van der Waals surface area contributed by atoms with Crippen molar-refractivity contribution in [1.29, 1.82) is 0 Å². The van der Waals surface area contributed by atoms with Crippen molar-refractivity contribution < 1.29 is 29.4 Å². The van der Waals surface area contributed by atoms with Gasteiger partial charge in [0.1, 0.15) is 18.1 Å². The van der Waals surface area contributed by atoms with Crippen LogP contribution in [0.15, 0.2) is 34.9 Å². The number of carbonyl (C=O) groups excluding carboxylic acids is 3. The number of aliphatic carboxylic acids is 1. The van der Waals surface area contributed by atoms with Crippen molar-refractivity contribution in [3.63, 3.8) is 0 Å². The molecular weight excluding hydrogens is 534 g/mol. The fourth-order valence-electron chi connectivity index (χ4n) is 4.32. The summed E-state index contributed by atoms with van der Waals surface area (Å²) in [6, 6.07) is -3.30. The van der Waals surface area contributed by atoms with Gasteiger partial charge in [0.05, 0.1) is 6.61 Å². The van der Waals surface area contributed by atoms with Crippen LogP contribution < -0.4 is 16.0 Å². The monoisotopic (exact) mass is 591 g/mol. The minimum Gasteiger partial charge on any atom is -0.480 e. The summed E-state index contributed by atoms with van der Waals surface area (Å²) in [6.45, 7) is 15.2. The number of aliphatic hydroxyl groups is 1. The Morgan fingerprint density at radius 1 is 0.690 bits per heavy atom. The van der Waals surface area contributed by atoms with Gasteiger partial charge >= 0.3 is 5.97 Å². The van der Waals surface area contributed by atoms with E-state index in [1.807, 2.05) is 27.7 Å². The van der Waals surface area contributed by atoms with Gasteiger partial charge in [-0.15, -0.1) is 0 Å². The number of carbonyl (C=O) groups is 4. The third-order valence-corrected chi connectivity index (χ3v) is 6.88. The van der Waals surface area contributed by atoms with E-state index in [9.17, 15) is 24.3 Å². The maximum absolute atomic E-state index is 13.1. The molecule has 42 heavy (non-hydrogen) atoms. The minimum atomic E-state index is -1.47. The van der Waals surface area contributed by atoms with Crippen LogP contribution in [0.3, 0.4) is 0 Å². The molecule has 0 aromatic heterocycles. The molecule has 0 spiro atoms. The number of unbranched alkanes of at least 4 members (excludes halogenated alkanes) is 2. The molecule has 0 aromatic carbocycles. The van der Waals surface area contributed by atoms with Crippen molar-refractivity contribution >= 4 is 23.7 Å². The smallest absolute Gasteiger partial charge is 0.328 e. The zero-order valence-corrected chi connectivity index (χ0v) is 27.2. The number of aliphatic hydroxyl groups excluding tert-OH is 1. The quantitative estimate of drug-likeness (QED) is 0.0917. The Labute approximate surface area is 253 Å². The van der Waals surface area contributed by atoms with Gasteiger partial charge in [0, 0.05) is 6.42 Å². The number of rotatable bonds is 21. The van der Waals surface area contributed by atoms with Crippen LogP contribution in [0.4, 0.5) is 0 Å². The highest BCUT2D eigenvalue weighted by atomic mass is 16.4. The van der Waals surface area contributed by atoms with Crippen molar-refractivity contribution in [2.75, 3.05) is 6.61 Å². The molecule has 240 valence electrons. The third-order valence-electron chi connectivity index (χ3n) is 6.88. The molecule has 3 amide bonds. The molecule has 0 radical (unpaired) electrons. The second-order valence-electron chi connectivity index (χ2n) is 12.3. The largest absolute Gasteiger partial charge is 0.480 e. The Hall–Kier alpha value is -2.94. The third kappa shape index (κ3) is 18.5. The van der Waals surface area contributed by atoms with Gasteiger partial charge in [-0.05, 0) is 90.9 Å². The first-order chi connectivity index (χ1) is 19.7. The molecule has 0 heterocycles. The summed E-state index contributed by atoms with van der Waals surface area (Å²) >= 11 is 0. The van der Waals surface area contributed by atoms with Crippen molar-refractivity contribution in [2.45, 2.75) is 131 Å². The lowest BCUT2D eigenvalue weighted by Gasteiger charge is -2.26. The molecule has 9 nitrogen and oxygen atoms in total. The molecule has 3 atom stereocenters. The van der Waals surface area contributed by atoms with Gasteiger partial charge in [0.15, 0.2) is 0 Å². The summed E-state index contributed by atoms with van der Waals surface area (Å²) in [5, 5.41) is 26.1. The van der Waals surface area contributed by atoms with E-state index in [1.54, 1.807) is 0 Å². The Morgan fingerprint density at radius 3 is 1.74 bits per heavy atom. The van der Waals surface area contributed by atoms with Gasteiger partial charge in [0.25, 0.3) is 0 Å². The van der Waals surface area contributed by atoms with Crippen LogP contribution in [-0.4, -0.2) is 58.6 Å². The predicted molar refractivity (Wildman–Crippen MR) is 169 cm³/mol. The molecule has 0 saturated carbocycles. The van der Waals surface area contributed by atoms with Gasteiger partial charge in [-0.2, -0.15) is 0 Å². The molecule has 0 fully saturated rings. The van der Waals surface area contributed by atoms with Crippen LogP contribution >= 0.6 is 0 Å². The zero-order chi connectivity index (χ0) is 32.2. The summed E-state index contributed by atoms with van der Waals surface area (Å²) in [5.41, 5.74) is 4.12. The first-order valence-electron chi connectivity index (χ1n) is 15.4. The molecule has 0 aliphatic rings. The van der Waals surface area contributed by atoms with Crippen LogP contribution in [0.5, 0.6) is 0 Å². The summed E-state index contributed by atoms with van der Waals surface area (Å²) in [5.74, 6) is -2.99. The average molecular weight is 592 g/mol. The molecule has 5 N–H and O–H groups in total. The number of allylic oxidation sites excluding steroid dienone is 6. The van der Waals surface area contributed by atoms with Crippen molar-refractivity contribution in [2.24, 2.45) is 11.8 Å². The summed E-state index contributed by atoms with van der Waals surface area (Å²) < 4.78 is 0. The molecular formula is C33H57N3O6. The van der Waals surface area contributed by atoms with Gasteiger partial charge in [-0.3, -0.25) is 14.4 Å². The second-order valence-corrected chi connectivity index (χ2v) is 12.3. The van der Waals surface area contributed by atoms with E-state index in [-0.39, 0.29) is 24.2 Å². The normalized spacial score (nSPS) is 14.3. The SMILES string of the molecule is CC(C)=CCC/C(C)=C/CC/C(C)=C/CCCCC(=O)N[C@H](C(=O)N[C@@H](CC(C)C)C(=O)N[C@@H](CO)C(=O)O)C(C)C. The van der Waals surface area contributed by atoms with Crippen LogP contribution in [0.25, 0.3) is 0 Å². The fourth-order valence-corrected chi connectivity index (χ4v) is 4.32. The molecule has 0 rings (SSSR count). The summed E-state index contributed by atoms with van der Waals surface area (Å²) in [4.78, 5) is 49.6. The van der Waals surface area contributed by atoms with E-state index in [0.29, 0.717) is 12.8 Å². The van der Waals surface area contributed by atoms with E-state index >= 15 is 0 Å². The van der Waals surface area contributed by atoms with Crippen LogP contribution in [-0.2, 0) is 19.2 Å². The number of nitrogens with one attached hydrogen (secondary N) is 3. The second kappa shape index (κ2) is 21.7. The Bertz CT molecular complexity index is 947. The Balaban J connectivity index is 4.78. The number of hydrogen-bond donors (Lipinski definition) is 5. The Kier molecular flexibility index (Phi) is 20.2. The lowest BCUT2D eigenvalue weighted by Crippen LogP contribution is -2.57. The maximum atomic E-state index is 13.1.